The summed E-state index contributed by atoms with van der Waals surface area (Å²) in [4.78, 5) is 27.0. The van der Waals surface area contributed by atoms with Gasteiger partial charge in [0.05, 0.1) is 6.10 Å². The third-order valence-corrected chi connectivity index (χ3v) is 5.16. The van der Waals surface area contributed by atoms with Crippen molar-refractivity contribution < 1.29 is 14.3 Å². The Labute approximate surface area is 143 Å². The number of benzene rings is 1. The van der Waals surface area contributed by atoms with Crippen LogP contribution in [0.2, 0.25) is 0 Å². The number of ketones is 1. The van der Waals surface area contributed by atoms with Crippen LogP contribution in [0.5, 0.6) is 0 Å². The van der Waals surface area contributed by atoms with Gasteiger partial charge in [-0.15, -0.1) is 0 Å². The second-order valence-corrected chi connectivity index (χ2v) is 6.89. The van der Waals surface area contributed by atoms with Crippen LogP contribution in [-0.2, 0) is 9.53 Å². The number of nitrogens with zero attached hydrogens (tertiary/aromatic N) is 1. The lowest BCUT2D eigenvalue weighted by atomic mass is 9.88. The number of piperidine rings is 1. The molecule has 3 rings (SSSR count). The molecule has 0 spiro atoms. The molecule has 0 aromatic heterocycles. The number of Topliss-reactive ketones (excluding diaryl/α,β-unsaturated/α-hetero) is 1. The molecule has 1 aromatic rings. The average Bonchev–Trinajstić information content (AvgIpc) is 3.10. The normalized spacial score (nSPS) is 25.0. The standard InChI is InChI=1S/C19H26N2O3/c1-13-2-4-14(5-3-13)18(22)15-8-10-21(11-9-15)19(23)17-7-6-16(12-20)24-17/h2-5,15-17H,6-12,20H2,1H3/t16-,17+/m1/s1. The van der Waals surface area contributed by atoms with E-state index in [1.54, 1.807) is 0 Å². The van der Waals surface area contributed by atoms with Gasteiger partial charge in [0.15, 0.2) is 5.78 Å². The lowest BCUT2D eigenvalue weighted by Gasteiger charge is -2.33. The van der Waals surface area contributed by atoms with Crippen molar-refractivity contribution in [1.29, 1.82) is 0 Å². The zero-order valence-corrected chi connectivity index (χ0v) is 14.2. The van der Waals surface area contributed by atoms with Gasteiger partial charge in [0, 0.05) is 31.1 Å². The van der Waals surface area contributed by atoms with Crippen LogP contribution in [0, 0.1) is 12.8 Å². The van der Waals surface area contributed by atoms with E-state index >= 15 is 0 Å². The van der Waals surface area contributed by atoms with Crippen molar-refractivity contribution in [1.82, 2.24) is 4.90 Å². The van der Waals surface area contributed by atoms with Crippen LogP contribution >= 0.6 is 0 Å². The molecule has 0 radical (unpaired) electrons. The molecule has 0 bridgehead atoms. The molecular weight excluding hydrogens is 304 g/mol. The summed E-state index contributed by atoms with van der Waals surface area (Å²) in [5, 5.41) is 0. The van der Waals surface area contributed by atoms with Crippen molar-refractivity contribution >= 4 is 11.7 Å². The van der Waals surface area contributed by atoms with Crippen LogP contribution in [0.15, 0.2) is 24.3 Å². The predicted octanol–water partition coefficient (Wildman–Crippen LogP) is 1.92. The summed E-state index contributed by atoms with van der Waals surface area (Å²) in [6, 6.07) is 7.73. The summed E-state index contributed by atoms with van der Waals surface area (Å²) in [7, 11) is 0. The van der Waals surface area contributed by atoms with Crippen LogP contribution in [0.25, 0.3) is 0 Å². The number of hydrogen-bond donors (Lipinski definition) is 1. The molecule has 24 heavy (non-hydrogen) atoms. The maximum atomic E-state index is 12.6. The van der Waals surface area contributed by atoms with Gasteiger partial charge >= 0.3 is 0 Å². The number of carbonyl (C=O) groups excluding carboxylic acids is 2. The Morgan fingerprint density at radius 3 is 2.38 bits per heavy atom. The number of carbonyl (C=O) groups is 2. The van der Waals surface area contributed by atoms with E-state index in [1.807, 2.05) is 36.1 Å². The third kappa shape index (κ3) is 3.68. The van der Waals surface area contributed by atoms with Crippen molar-refractivity contribution in [2.24, 2.45) is 11.7 Å². The summed E-state index contributed by atoms with van der Waals surface area (Å²) in [6.45, 7) is 3.75. The van der Waals surface area contributed by atoms with Crippen molar-refractivity contribution in [3.8, 4) is 0 Å². The molecule has 0 saturated carbocycles. The Hall–Kier alpha value is -1.72. The Balaban J connectivity index is 1.53. The van der Waals surface area contributed by atoms with Gasteiger partial charge in [-0.2, -0.15) is 0 Å². The van der Waals surface area contributed by atoms with Gasteiger partial charge in [0.2, 0.25) is 0 Å². The third-order valence-electron chi connectivity index (χ3n) is 5.16. The summed E-state index contributed by atoms with van der Waals surface area (Å²) >= 11 is 0. The number of nitrogens with two attached hydrogens (primary N) is 1. The molecule has 130 valence electrons. The monoisotopic (exact) mass is 330 g/mol. The fourth-order valence-electron chi connectivity index (χ4n) is 3.58. The lowest BCUT2D eigenvalue weighted by molar-refractivity contribution is -0.144. The van der Waals surface area contributed by atoms with Crippen LogP contribution in [0.4, 0.5) is 0 Å². The second-order valence-electron chi connectivity index (χ2n) is 6.89. The molecular formula is C19H26N2O3. The molecule has 2 aliphatic rings. The molecule has 2 atom stereocenters. The van der Waals surface area contributed by atoms with E-state index in [-0.39, 0.29) is 29.8 Å². The number of likely N-dealkylation sites (tertiary alicyclic amines) is 1. The van der Waals surface area contributed by atoms with E-state index < -0.39 is 0 Å². The van der Waals surface area contributed by atoms with Gasteiger partial charge in [-0.1, -0.05) is 29.8 Å². The Bertz CT molecular complexity index is 591. The highest BCUT2D eigenvalue weighted by Gasteiger charge is 2.35. The summed E-state index contributed by atoms with van der Waals surface area (Å²) < 4.78 is 5.70. The average molecular weight is 330 g/mol. The van der Waals surface area contributed by atoms with Gasteiger partial charge < -0.3 is 15.4 Å². The highest BCUT2D eigenvalue weighted by molar-refractivity contribution is 5.98. The van der Waals surface area contributed by atoms with Crippen LogP contribution in [0.1, 0.15) is 41.6 Å². The Morgan fingerprint density at radius 1 is 1.12 bits per heavy atom. The molecule has 2 saturated heterocycles. The van der Waals surface area contributed by atoms with Gasteiger partial charge in [-0.3, -0.25) is 9.59 Å². The minimum Gasteiger partial charge on any atom is -0.364 e. The van der Waals surface area contributed by atoms with Gasteiger partial charge in [-0.05, 0) is 32.6 Å². The molecule has 1 aromatic carbocycles. The van der Waals surface area contributed by atoms with Crippen molar-refractivity contribution in [3.05, 3.63) is 35.4 Å². The van der Waals surface area contributed by atoms with Crippen molar-refractivity contribution in [2.45, 2.75) is 44.8 Å². The van der Waals surface area contributed by atoms with E-state index in [2.05, 4.69) is 0 Å². The highest BCUT2D eigenvalue weighted by atomic mass is 16.5. The van der Waals surface area contributed by atoms with Crippen LogP contribution in [0.3, 0.4) is 0 Å². The van der Waals surface area contributed by atoms with Crippen molar-refractivity contribution in [2.75, 3.05) is 19.6 Å². The van der Waals surface area contributed by atoms with E-state index in [1.165, 1.54) is 0 Å². The quantitative estimate of drug-likeness (QED) is 0.856. The highest BCUT2D eigenvalue weighted by Crippen LogP contribution is 2.26. The molecule has 2 fully saturated rings. The predicted molar refractivity (Wildman–Crippen MR) is 91.8 cm³/mol. The van der Waals surface area contributed by atoms with E-state index in [9.17, 15) is 9.59 Å². The van der Waals surface area contributed by atoms with Crippen LogP contribution < -0.4 is 5.73 Å². The molecule has 1 amide bonds. The molecule has 2 N–H and O–H groups in total. The molecule has 0 aliphatic carbocycles. The second kappa shape index (κ2) is 7.45. The fourth-order valence-corrected chi connectivity index (χ4v) is 3.58. The van der Waals surface area contributed by atoms with E-state index in [4.69, 9.17) is 10.5 Å². The zero-order chi connectivity index (χ0) is 17.1. The molecule has 2 heterocycles. The fraction of sp³-hybridized carbons (Fsp3) is 0.579. The maximum absolute atomic E-state index is 12.6. The number of hydrogen-bond acceptors (Lipinski definition) is 4. The largest absolute Gasteiger partial charge is 0.364 e. The summed E-state index contributed by atoms with van der Waals surface area (Å²) in [5.74, 6) is 0.271. The number of ether oxygens (including phenoxy) is 1. The van der Waals surface area contributed by atoms with Gasteiger partial charge in [0.1, 0.15) is 6.10 Å². The first-order valence-corrected chi connectivity index (χ1v) is 8.83. The minimum absolute atomic E-state index is 0.0121. The smallest absolute Gasteiger partial charge is 0.251 e. The Morgan fingerprint density at radius 2 is 1.79 bits per heavy atom. The van der Waals surface area contributed by atoms with E-state index in [0.717, 1.165) is 36.8 Å². The van der Waals surface area contributed by atoms with Gasteiger partial charge in [0.25, 0.3) is 5.91 Å². The maximum Gasteiger partial charge on any atom is 0.251 e. The van der Waals surface area contributed by atoms with Crippen LogP contribution in [-0.4, -0.2) is 48.4 Å². The first kappa shape index (κ1) is 17.1. The molecule has 5 heteroatoms. The first-order chi connectivity index (χ1) is 11.6. The zero-order valence-electron chi connectivity index (χ0n) is 14.2. The number of rotatable bonds is 4. The molecule has 2 aliphatic heterocycles. The first-order valence-electron chi connectivity index (χ1n) is 8.83. The minimum atomic E-state index is -0.345. The topological polar surface area (TPSA) is 72.6 Å². The molecule has 0 unspecified atom stereocenters. The van der Waals surface area contributed by atoms with Crippen molar-refractivity contribution in [3.63, 3.8) is 0 Å². The van der Waals surface area contributed by atoms with Gasteiger partial charge in [-0.25, -0.2) is 0 Å². The van der Waals surface area contributed by atoms with E-state index in [0.29, 0.717) is 19.6 Å². The Kier molecular flexibility index (Phi) is 5.31. The summed E-state index contributed by atoms with van der Waals surface area (Å²) in [6.07, 6.45) is 2.73. The number of amides is 1. The summed E-state index contributed by atoms with van der Waals surface area (Å²) in [5.41, 5.74) is 7.53. The lowest BCUT2D eigenvalue weighted by Crippen LogP contribution is -2.45. The number of aryl methyl sites for hydroxylation is 1. The molecule has 5 nitrogen and oxygen atoms in total. The SMILES string of the molecule is Cc1ccc(C(=O)C2CCN(C(=O)[C@@H]3CC[C@H](CN)O3)CC2)cc1.